The average molecular weight is 227 g/mol. The van der Waals surface area contributed by atoms with E-state index in [2.05, 4.69) is 61.6 Å². The number of likely N-dealkylation sites (N-methyl/N-ethyl adjacent to an activating group) is 1. The summed E-state index contributed by atoms with van der Waals surface area (Å²) >= 11 is 0. The zero-order chi connectivity index (χ0) is 12.1. The van der Waals surface area contributed by atoms with Gasteiger partial charge in [0.1, 0.15) is 0 Å². The highest BCUT2D eigenvalue weighted by molar-refractivity contribution is 5.85. The third-order valence-electron chi connectivity index (χ3n) is 3.33. The quantitative estimate of drug-likeness (QED) is 0.820. The average Bonchev–Trinajstić information content (AvgIpc) is 2.38. The molecule has 1 N–H and O–H groups in total. The Kier molecular flexibility index (Phi) is 4.16. The third-order valence-corrected chi connectivity index (χ3v) is 3.33. The van der Waals surface area contributed by atoms with E-state index in [-0.39, 0.29) is 0 Å². The van der Waals surface area contributed by atoms with Gasteiger partial charge < -0.3 is 5.32 Å². The maximum Gasteiger partial charge on any atom is 0.0105 e. The normalized spacial score (nSPS) is 12.8. The molecule has 0 amide bonds. The van der Waals surface area contributed by atoms with Crippen LogP contribution in [-0.4, -0.2) is 12.6 Å². The van der Waals surface area contributed by atoms with Gasteiger partial charge >= 0.3 is 0 Å². The second-order valence-electron chi connectivity index (χ2n) is 4.51. The van der Waals surface area contributed by atoms with Crippen molar-refractivity contribution in [1.82, 2.24) is 5.32 Å². The lowest BCUT2D eigenvalue weighted by Crippen LogP contribution is -2.30. The second-order valence-corrected chi connectivity index (χ2v) is 4.51. The topological polar surface area (TPSA) is 12.0 Å². The summed E-state index contributed by atoms with van der Waals surface area (Å²) in [5.74, 6) is 0. The van der Waals surface area contributed by atoms with Crippen molar-refractivity contribution in [3.63, 3.8) is 0 Å². The van der Waals surface area contributed by atoms with Crippen LogP contribution in [0.4, 0.5) is 0 Å². The Labute approximate surface area is 104 Å². The zero-order valence-electron chi connectivity index (χ0n) is 10.7. The minimum absolute atomic E-state index is 0.589. The van der Waals surface area contributed by atoms with E-state index in [4.69, 9.17) is 0 Å². The smallest absolute Gasteiger partial charge is 0.0105 e. The molecule has 0 aliphatic heterocycles. The highest BCUT2D eigenvalue weighted by Gasteiger charge is 2.07. The standard InChI is InChI=1S/C16H21N/c1-3-15(17-4-2)12-14-10-7-9-13-8-5-6-11-16(13)14/h5-11,15,17H,3-4,12H2,1-2H3. The monoisotopic (exact) mass is 227 g/mol. The molecule has 1 heteroatoms. The van der Waals surface area contributed by atoms with Gasteiger partial charge in [0.25, 0.3) is 0 Å². The van der Waals surface area contributed by atoms with Crippen LogP contribution >= 0.6 is 0 Å². The number of rotatable bonds is 5. The van der Waals surface area contributed by atoms with E-state index < -0.39 is 0 Å². The third kappa shape index (κ3) is 2.86. The van der Waals surface area contributed by atoms with Gasteiger partial charge in [-0.1, -0.05) is 56.3 Å². The fourth-order valence-electron chi connectivity index (χ4n) is 2.39. The fourth-order valence-corrected chi connectivity index (χ4v) is 2.39. The molecule has 2 rings (SSSR count). The summed E-state index contributed by atoms with van der Waals surface area (Å²) in [6.45, 7) is 5.47. The van der Waals surface area contributed by atoms with Crippen molar-refractivity contribution in [3.05, 3.63) is 48.0 Å². The van der Waals surface area contributed by atoms with Crippen molar-refractivity contribution < 1.29 is 0 Å². The Balaban J connectivity index is 2.28. The molecular weight excluding hydrogens is 206 g/mol. The number of hydrogen-bond donors (Lipinski definition) is 1. The molecule has 90 valence electrons. The van der Waals surface area contributed by atoms with Crippen LogP contribution in [0.5, 0.6) is 0 Å². The molecule has 0 bridgehead atoms. The Morgan fingerprint density at radius 2 is 1.76 bits per heavy atom. The van der Waals surface area contributed by atoms with Gasteiger partial charge in [-0.05, 0) is 35.7 Å². The molecule has 0 saturated carbocycles. The molecule has 1 atom stereocenters. The molecule has 2 aromatic rings. The van der Waals surface area contributed by atoms with Crippen LogP contribution < -0.4 is 5.32 Å². The Morgan fingerprint density at radius 1 is 1.00 bits per heavy atom. The van der Waals surface area contributed by atoms with Gasteiger partial charge in [-0.15, -0.1) is 0 Å². The highest BCUT2D eigenvalue weighted by Crippen LogP contribution is 2.20. The maximum atomic E-state index is 3.55. The van der Waals surface area contributed by atoms with Crippen LogP contribution in [0.3, 0.4) is 0 Å². The van der Waals surface area contributed by atoms with Gasteiger partial charge in [0.2, 0.25) is 0 Å². The molecule has 0 aliphatic carbocycles. The number of benzene rings is 2. The molecule has 0 saturated heterocycles. The van der Waals surface area contributed by atoms with Crippen LogP contribution in [0.15, 0.2) is 42.5 Å². The largest absolute Gasteiger partial charge is 0.314 e. The molecule has 0 aromatic heterocycles. The summed E-state index contributed by atoms with van der Waals surface area (Å²) in [5.41, 5.74) is 1.45. The molecule has 2 aromatic carbocycles. The lowest BCUT2D eigenvalue weighted by molar-refractivity contribution is 0.511. The van der Waals surface area contributed by atoms with Gasteiger partial charge in [0, 0.05) is 6.04 Å². The van der Waals surface area contributed by atoms with E-state index in [0.29, 0.717) is 6.04 Å². The molecular formula is C16H21N. The molecule has 0 aliphatic rings. The zero-order valence-corrected chi connectivity index (χ0v) is 10.7. The Morgan fingerprint density at radius 3 is 2.53 bits per heavy atom. The number of fused-ring (bicyclic) bond motifs is 1. The summed E-state index contributed by atoms with van der Waals surface area (Å²) in [6, 6.07) is 15.8. The summed E-state index contributed by atoms with van der Waals surface area (Å²) < 4.78 is 0. The first-order valence-corrected chi connectivity index (χ1v) is 6.55. The fraction of sp³-hybridized carbons (Fsp3) is 0.375. The Hall–Kier alpha value is -1.34. The molecule has 17 heavy (non-hydrogen) atoms. The first-order valence-electron chi connectivity index (χ1n) is 6.55. The highest BCUT2D eigenvalue weighted by atomic mass is 14.9. The van der Waals surface area contributed by atoms with Crippen molar-refractivity contribution in [3.8, 4) is 0 Å². The lowest BCUT2D eigenvalue weighted by atomic mass is 9.98. The molecule has 0 heterocycles. The van der Waals surface area contributed by atoms with E-state index in [1.807, 2.05) is 0 Å². The van der Waals surface area contributed by atoms with Crippen molar-refractivity contribution in [2.75, 3.05) is 6.54 Å². The maximum absolute atomic E-state index is 3.55. The molecule has 0 spiro atoms. The predicted octanol–water partition coefficient (Wildman–Crippen LogP) is 3.77. The lowest BCUT2D eigenvalue weighted by Gasteiger charge is -2.17. The van der Waals surface area contributed by atoms with Crippen molar-refractivity contribution in [1.29, 1.82) is 0 Å². The van der Waals surface area contributed by atoms with E-state index in [1.54, 1.807) is 0 Å². The summed E-state index contributed by atoms with van der Waals surface area (Å²) in [6.07, 6.45) is 2.29. The first kappa shape index (κ1) is 12.1. The predicted molar refractivity (Wildman–Crippen MR) is 75.4 cm³/mol. The number of nitrogens with one attached hydrogen (secondary N) is 1. The SMILES string of the molecule is CCNC(CC)Cc1cccc2ccccc12. The van der Waals surface area contributed by atoms with Crippen LogP contribution in [0, 0.1) is 0 Å². The molecule has 0 radical (unpaired) electrons. The van der Waals surface area contributed by atoms with Gasteiger partial charge in [0.05, 0.1) is 0 Å². The van der Waals surface area contributed by atoms with Crippen LogP contribution in [0.25, 0.3) is 10.8 Å². The molecule has 0 fully saturated rings. The van der Waals surface area contributed by atoms with Crippen LogP contribution in [0.2, 0.25) is 0 Å². The van der Waals surface area contributed by atoms with Gasteiger partial charge in [-0.25, -0.2) is 0 Å². The van der Waals surface area contributed by atoms with E-state index in [9.17, 15) is 0 Å². The summed E-state index contributed by atoms with van der Waals surface area (Å²) in [4.78, 5) is 0. The Bertz CT molecular complexity index is 470. The van der Waals surface area contributed by atoms with Gasteiger partial charge in [0.15, 0.2) is 0 Å². The van der Waals surface area contributed by atoms with Gasteiger partial charge in [-0.2, -0.15) is 0 Å². The van der Waals surface area contributed by atoms with Crippen LogP contribution in [-0.2, 0) is 6.42 Å². The van der Waals surface area contributed by atoms with E-state index >= 15 is 0 Å². The summed E-state index contributed by atoms with van der Waals surface area (Å²) in [7, 11) is 0. The molecule has 1 nitrogen and oxygen atoms in total. The van der Waals surface area contributed by atoms with Crippen molar-refractivity contribution >= 4 is 10.8 Å². The first-order chi connectivity index (χ1) is 8.35. The van der Waals surface area contributed by atoms with E-state index in [0.717, 1.165) is 13.0 Å². The van der Waals surface area contributed by atoms with Crippen molar-refractivity contribution in [2.45, 2.75) is 32.7 Å². The summed E-state index contributed by atoms with van der Waals surface area (Å²) in [5, 5.41) is 6.28. The second kappa shape index (κ2) is 5.83. The molecule has 1 unspecified atom stereocenters. The van der Waals surface area contributed by atoms with Crippen LogP contribution in [0.1, 0.15) is 25.8 Å². The number of hydrogen-bond acceptors (Lipinski definition) is 1. The minimum Gasteiger partial charge on any atom is -0.314 e. The van der Waals surface area contributed by atoms with Crippen molar-refractivity contribution in [2.24, 2.45) is 0 Å². The van der Waals surface area contributed by atoms with E-state index in [1.165, 1.54) is 22.8 Å². The minimum atomic E-state index is 0.589. The van der Waals surface area contributed by atoms with Gasteiger partial charge in [-0.3, -0.25) is 0 Å².